The molecule has 0 unspecified atom stereocenters. The van der Waals surface area contributed by atoms with Crippen LogP contribution in [0.5, 0.6) is 0 Å². The van der Waals surface area contributed by atoms with Crippen LogP contribution in [0.3, 0.4) is 0 Å². The molecule has 0 aliphatic carbocycles. The summed E-state index contributed by atoms with van der Waals surface area (Å²) in [6.07, 6.45) is 0. The third-order valence-electron chi connectivity index (χ3n) is 3.78. The summed E-state index contributed by atoms with van der Waals surface area (Å²) in [4.78, 5) is 0.540. The van der Waals surface area contributed by atoms with Crippen molar-refractivity contribution in [2.24, 2.45) is 0 Å². The van der Waals surface area contributed by atoms with E-state index in [9.17, 15) is 4.39 Å². The van der Waals surface area contributed by atoms with Crippen molar-refractivity contribution in [2.75, 3.05) is 0 Å². The van der Waals surface area contributed by atoms with Gasteiger partial charge in [-0.3, -0.25) is 0 Å². The molecule has 2 aromatic carbocycles. The minimum absolute atomic E-state index is 0.265. The van der Waals surface area contributed by atoms with E-state index in [1.54, 1.807) is 25.1 Å². The number of nitrogens with zero attached hydrogens (tertiary/aromatic N) is 3. The van der Waals surface area contributed by atoms with Gasteiger partial charge >= 0.3 is 0 Å². The zero-order chi connectivity index (χ0) is 17.9. The molecule has 0 aliphatic rings. The predicted molar refractivity (Wildman–Crippen MR) is 95.9 cm³/mol. The van der Waals surface area contributed by atoms with Crippen LogP contribution in [0.2, 0.25) is 0 Å². The number of aromatic nitrogens is 3. The molecule has 0 radical (unpaired) electrons. The fourth-order valence-electron chi connectivity index (χ4n) is 2.53. The van der Waals surface area contributed by atoms with E-state index in [-0.39, 0.29) is 5.82 Å². The number of hydrogen-bond acceptors (Lipinski definition) is 6. The fraction of sp³-hybridized carbons (Fsp3) is 0.105. The van der Waals surface area contributed by atoms with Gasteiger partial charge in [-0.25, -0.2) is 4.39 Å². The summed E-state index contributed by atoms with van der Waals surface area (Å²) in [5.74, 6) is 1.46. The quantitative estimate of drug-likeness (QED) is 0.456. The first-order chi connectivity index (χ1) is 12.7. The molecule has 2 aromatic heterocycles. The zero-order valence-electron chi connectivity index (χ0n) is 13.8. The van der Waals surface area contributed by atoms with Gasteiger partial charge in [-0.2, -0.15) is 0 Å². The van der Waals surface area contributed by atoms with Gasteiger partial charge in [0.25, 0.3) is 5.89 Å². The lowest BCUT2D eigenvalue weighted by Gasteiger charge is -2.00. The lowest BCUT2D eigenvalue weighted by molar-refractivity contribution is 0.399. The summed E-state index contributed by atoms with van der Waals surface area (Å²) < 4.78 is 24.8. The first kappa shape index (κ1) is 16.5. The molecule has 5 nitrogen and oxygen atoms in total. The van der Waals surface area contributed by atoms with Crippen molar-refractivity contribution < 1.29 is 13.3 Å². The molecule has 2 heterocycles. The summed E-state index contributed by atoms with van der Waals surface area (Å²) in [7, 11) is 0. The largest absolute Gasteiger partial charge is 0.420 e. The Morgan fingerprint density at radius 2 is 1.77 bits per heavy atom. The molecule has 26 heavy (non-hydrogen) atoms. The van der Waals surface area contributed by atoms with Crippen molar-refractivity contribution in [2.45, 2.75) is 17.6 Å². The van der Waals surface area contributed by atoms with Gasteiger partial charge in [0.2, 0.25) is 5.89 Å². The molecule has 4 aromatic rings. The Hall–Kier alpha value is -2.93. The molecular formula is C19H14FN3O2S. The third kappa shape index (κ3) is 3.25. The van der Waals surface area contributed by atoms with Crippen molar-refractivity contribution >= 4 is 11.8 Å². The highest BCUT2D eigenvalue weighted by Crippen LogP contribution is 2.34. The fourth-order valence-corrected chi connectivity index (χ4v) is 3.31. The first-order valence-electron chi connectivity index (χ1n) is 7.94. The van der Waals surface area contributed by atoms with Crippen LogP contribution in [-0.2, 0) is 5.75 Å². The molecule has 0 fully saturated rings. The number of rotatable bonds is 5. The molecule has 0 spiro atoms. The maximum absolute atomic E-state index is 13.7. The number of aryl methyl sites for hydroxylation is 1. The topological polar surface area (TPSA) is 65.0 Å². The third-order valence-corrected chi connectivity index (χ3v) is 4.81. The standard InChI is InChI=1S/C19H14FN3O2S/c1-12-17(18(23-25-12)13-7-3-2-4-8-13)19-22-21-16(24-19)11-26-15-10-6-5-9-14(15)20/h2-10H,11H2,1H3. The molecular weight excluding hydrogens is 353 g/mol. The van der Waals surface area contributed by atoms with Gasteiger partial charge in [0.05, 0.1) is 5.75 Å². The van der Waals surface area contributed by atoms with Crippen molar-refractivity contribution in [3.8, 4) is 22.7 Å². The van der Waals surface area contributed by atoms with Crippen LogP contribution in [0, 0.1) is 12.7 Å². The number of benzene rings is 2. The van der Waals surface area contributed by atoms with Crippen LogP contribution in [-0.4, -0.2) is 15.4 Å². The van der Waals surface area contributed by atoms with Crippen LogP contribution in [0.1, 0.15) is 11.7 Å². The Morgan fingerprint density at radius 3 is 2.58 bits per heavy atom. The molecule has 0 atom stereocenters. The molecule has 0 bridgehead atoms. The predicted octanol–water partition coefficient (Wildman–Crippen LogP) is 5.13. The Bertz CT molecular complexity index is 1030. The molecule has 7 heteroatoms. The van der Waals surface area contributed by atoms with Gasteiger partial charge in [-0.1, -0.05) is 47.6 Å². The Morgan fingerprint density at radius 1 is 1.00 bits per heavy atom. The second-order valence-electron chi connectivity index (χ2n) is 5.55. The molecule has 0 saturated carbocycles. The van der Waals surface area contributed by atoms with Crippen LogP contribution < -0.4 is 0 Å². The maximum atomic E-state index is 13.7. The van der Waals surface area contributed by atoms with Gasteiger partial charge in [0.15, 0.2) is 0 Å². The summed E-state index contributed by atoms with van der Waals surface area (Å²) in [6.45, 7) is 1.80. The van der Waals surface area contributed by atoms with Gasteiger partial charge < -0.3 is 8.94 Å². The molecule has 0 aliphatic heterocycles. The molecule has 4 rings (SSSR count). The SMILES string of the molecule is Cc1onc(-c2ccccc2)c1-c1nnc(CSc2ccccc2F)o1. The summed E-state index contributed by atoms with van der Waals surface area (Å²) in [5, 5.41) is 12.3. The van der Waals surface area contributed by atoms with E-state index in [4.69, 9.17) is 8.94 Å². The van der Waals surface area contributed by atoms with Gasteiger partial charge in [0, 0.05) is 10.5 Å². The molecule has 0 amide bonds. The highest BCUT2D eigenvalue weighted by molar-refractivity contribution is 7.98. The van der Waals surface area contributed by atoms with Crippen molar-refractivity contribution in [3.05, 3.63) is 72.1 Å². The van der Waals surface area contributed by atoms with Crippen LogP contribution >= 0.6 is 11.8 Å². The highest BCUT2D eigenvalue weighted by atomic mass is 32.2. The average Bonchev–Trinajstić information content (AvgIpc) is 3.28. The second-order valence-corrected chi connectivity index (χ2v) is 6.57. The van der Waals surface area contributed by atoms with Crippen molar-refractivity contribution in [3.63, 3.8) is 0 Å². The smallest absolute Gasteiger partial charge is 0.253 e. The van der Waals surface area contributed by atoms with E-state index in [2.05, 4.69) is 15.4 Å². The second kappa shape index (κ2) is 7.13. The number of thioether (sulfide) groups is 1. The van der Waals surface area contributed by atoms with E-state index in [1.807, 2.05) is 30.3 Å². The Labute approximate surface area is 153 Å². The normalized spacial score (nSPS) is 11.0. The Kier molecular flexibility index (Phi) is 4.53. The monoisotopic (exact) mass is 367 g/mol. The van der Waals surface area contributed by atoms with Crippen LogP contribution in [0.15, 0.2) is 68.4 Å². The number of hydrogen-bond donors (Lipinski definition) is 0. The van der Waals surface area contributed by atoms with Crippen LogP contribution in [0.25, 0.3) is 22.7 Å². The minimum Gasteiger partial charge on any atom is -0.420 e. The van der Waals surface area contributed by atoms with E-state index < -0.39 is 0 Å². The first-order valence-corrected chi connectivity index (χ1v) is 8.92. The molecule has 130 valence electrons. The highest BCUT2D eigenvalue weighted by Gasteiger charge is 2.22. The van der Waals surface area contributed by atoms with Gasteiger partial charge in [-0.15, -0.1) is 22.0 Å². The van der Waals surface area contributed by atoms with E-state index >= 15 is 0 Å². The van der Waals surface area contributed by atoms with Crippen molar-refractivity contribution in [1.29, 1.82) is 0 Å². The van der Waals surface area contributed by atoms with E-state index in [1.165, 1.54) is 17.8 Å². The zero-order valence-corrected chi connectivity index (χ0v) is 14.7. The van der Waals surface area contributed by atoms with E-state index in [0.29, 0.717) is 39.4 Å². The van der Waals surface area contributed by atoms with Crippen molar-refractivity contribution in [1.82, 2.24) is 15.4 Å². The van der Waals surface area contributed by atoms with Crippen LogP contribution in [0.4, 0.5) is 4.39 Å². The molecule has 0 saturated heterocycles. The lowest BCUT2D eigenvalue weighted by atomic mass is 10.1. The summed E-state index contributed by atoms with van der Waals surface area (Å²) >= 11 is 1.31. The lowest BCUT2D eigenvalue weighted by Crippen LogP contribution is -1.84. The minimum atomic E-state index is -0.265. The molecule has 0 N–H and O–H groups in total. The van der Waals surface area contributed by atoms with Gasteiger partial charge in [-0.05, 0) is 19.1 Å². The van der Waals surface area contributed by atoms with Gasteiger partial charge in [0.1, 0.15) is 22.8 Å². The Balaban J connectivity index is 1.59. The average molecular weight is 367 g/mol. The maximum Gasteiger partial charge on any atom is 0.253 e. The summed E-state index contributed by atoms with van der Waals surface area (Å²) in [6, 6.07) is 16.2. The van der Waals surface area contributed by atoms with E-state index in [0.717, 1.165) is 5.56 Å². The summed E-state index contributed by atoms with van der Waals surface area (Å²) in [5.41, 5.74) is 2.23. The number of halogens is 1.